The Balaban J connectivity index is 2.51. The van der Waals surface area contributed by atoms with E-state index in [9.17, 15) is 9.59 Å². The molecule has 122 valence electrons. The maximum Gasteiger partial charge on any atom is 0.317 e. The first kappa shape index (κ1) is 17.8. The molecular formula is C16H30N2O3. The molecule has 0 saturated carbocycles. The zero-order chi connectivity index (χ0) is 15.8. The molecule has 1 fully saturated rings. The van der Waals surface area contributed by atoms with Gasteiger partial charge in [-0.1, -0.05) is 27.2 Å². The summed E-state index contributed by atoms with van der Waals surface area (Å²) in [5.74, 6) is 0.491. The summed E-state index contributed by atoms with van der Waals surface area (Å²) in [7, 11) is 0. The first-order valence-electron chi connectivity index (χ1n) is 8.21. The molecule has 2 N–H and O–H groups in total. The third-order valence-corrected chi connectivity index (χ3v) is 4.39. The molecule has 5 heteroatoms. The normalized spacial score (nSPS) is 21.0. The first-order chi connectivity index (χ1) is 9.93. The third kappa shape index (κ3) is 6.36. The van der Waals surface area contributed by atoms with Crippen LogP contribution >= 0.6 is 0 Å². The second-order valence-electron chi connectivity index (χ2n) is 6.45. The van der Waals surface area contributed by atoms with Crippen molar-refractivity contribution in [2.45, 2.75) is 65.3 Å². The topological polar surface area (TPSA) is 69.6 Å². The van der Waals surface area contributed by atoms with Crippen LogP contribution in [0.1, 0.15) is 59.3 Å². The molecule has 2 unspecified atom stereocenters. The van der Waals surface area contributed by atoms with Crippen LogP contribution in [-0.2, 0) is 4.79 Å². The predicted molar refractivity (Wildman–Crippen MR) is 83.2 cm³/mol. The fraction of sp³-hybridized carbons (Fsp3) is 0.875. The van der Waals surface area contributed by atoms with Crippen LogP contribution in [0.25, 0.3) is 0 Å². The lowest BCUT2D eigenvalue weighted by Crippen LogP contribution is -2.46. The number of urea groups is 1. The molecule has 1 saturated heterocycles. The fourth-order valence-electron chi connectivity index (χ4n) is 3.04. The Bertz CT molecular complexity index is 344. The van der Waals surface area contributed by atoms with E-state index in [1.165, 1.54) is 6.42 Å². The van der Waals surface area contributed by atoms with Gasteiger partial charge in [-0.3, -0.25) is 4.79 Å². The lowest BCUT2D eigenvalue weighted by atomic mass is 9.89. The minimum Gasteiger partial charge on any atom is -0.481 e. The molecular weight excluding hydrogens is 268 g/mol. The molecule has 0 aromatic carbocycles. The number of carboxylic acid groups (broad SMARTS) is 1. The Hall–Kier alpha value is -1.26. The van der Waals surface area contributed by atoms with Crippen LogP contribution in [0.2, 0.25) is 0 Å². The van der Waals surface area contributed by atoms with Crippen molar-refractivity contribution in [1.29, 1.82) is 0 Å². The van der Waals surface area contributed by atoms with Crippen molar-refractivity contribution >= 4 is 12.0 Å². The summed E-state index contributed by atoms with van der Waals surface area (Å²) in [5.41, 5.74) is 0. The summed E-state index contributed by atoms with van der Waals surface area (Å²) in [4.78, 5) is 25.0. The Morgan fingerprint density at radius 3 is 2.57 bits per heavy atom. The van der Waals surface area contributed by atoms with Crippen LogP contribution in [0.5, 0.6) is 0 Å². The number of hydrogen-bond donors (Lipinski definition) is 2. The molecule has 1 aliphatic rings. The van der Waals surface area contributed by atoms with Crippen molar-refractivity contribution < 1.29 is 14.7 Å². The molecule has 1 heterocycles. The molecule has 0 spiro atoms. The number of likely N-dealkylation sites (tertiary alicyclic amines) is 1. The van der Waals surface area contributed by atoms with Crippen molar-refractivity contribution in [2.24, 2.45) is 11.8 Å². The predicted octanol–water partition coefficient (Wildman–Crippen LogP) is 3.10. The van der Waals surface area contributed by atoms with Gasteiger partial charge in [-0.2, -0.15) is 0 Å². The van der Waals surface area contributed by atoms with E-state index in [1.54, 1.807) is 0 Å². The SMILES string of the molecule is CCCC(CC(=O)O)NC(=O)N1CCCC(C(C)C)CC1. The standard InChI is InChI=1S/C16H30N2O3/c1-4-6-14(11-15(19)20)17-16(21)18-9-5-7-13(8-10-18)12(2)3/h12-14H,4-11H2,1-3H3,(H,17,21)(H,19,20). The molecule has 21 heavy (non-hydrogen) atoms. The van der Waals surface area contributed by atoms with Gasteiger partial charge in [-0.25, -0.2) is 4.79 Å². The number of nitrogens with one attached hydrogen (secondary N) is 1. The zero-order valence-corrected chi connectivity index (χ0v) is 13.6. The van der Waals surface area contributed by atoms with Crippen molar-refractivity contribution in [1.82, 2.24) is 10.2 Å². The van der Waals surface area contributed by atoms with Gasteiger partial charge >= 0.3 is 12.0 Å². The lowest BCUT2D eigenvalue weighted by Gasteiger charge is -2.25. The minimum absolute atomic E-state index is 0.00202. The van der Waals surface area contributed by atoms with Crippen LogP contribution in [0.4, 0.5) is 4.79 Å². The first-order valence-corrected chi connectivity index (χ1v) is 8.21. The van der Waals surface area contributed by atoms with E-state index >= 15 is 0 Å². The molecule has 0 bridgehead atoms. The average molecular weight is 298 g/mol. The molecule has 2 amide bonds. The fourth-order valence-corrected chi connectivity index (χ4v) is 3.04. The smallest absolute Gasteiger partial charge is 0.317 e. The highest BCUT2D eigenvalue weighted by molar-refractivity contribution is 5.76. The van der Waals surface area contributed by atoms with E-state index in [0.717, 1.165) is 32.4 Å². The number of carboxylic acids is 1. The number of carbonyl (C=O) groups excluding carboxylic acids is 1. The van der Waals surface area contributed by atoms with E-state index in [2.05, 4.69) is 19.2 Å². The van der Waals surface area contributed by atoms with Crippen molar-refractivity contribution in [3.05, 3.63) is 0 Å². The van der Waals surface area contributed by atoms with E-state index in [4.69, 9.17) is 5.11 Å². The summed E-state index contributed by atoms with van der Waals surface area (Å²) < 4.78 is 0. The van der Waals surface area contributed by atoms with Gasteiger partial charge in [0.25, 0.3) is 0 Å². The molecule has 0 radical (unpaired) electrons. The number of carbonyl (C=O) groups is 2. The molecule has 2 atom stereocenters. The van der Waals surface area contributed by atoms with Crippen molar-refractivity contribution in [3.63, 3.8) is 0 Å². The summed E-state index contributed by atoms with van der Waals surface area (Å²) in [6, 6.07) is -0.358. The third-order valence-electron chi connectivity index (χ3n) is 4.39. The Kier molecular flexibility index (Phi) is 7.54. The van der Waals surface area contributed by atoms with Crippen LogP contribution in [0.3, 0.4) is 0 Å². The van der Waals surface area contributed by atoms with E-state index in [0.29, 0.717) is 18.3 Å². The van der Waals surface area contributed by atoms with Gasteiger partial charge in [0.2, 0.25) is 0 Å². The van der Waals surface area contributed by atoms with Gasteiger partial charge in [-0.05, 0) is 37.5 Å². The van der Waals surface area contributed by atoms with Gasteiger partial charge in [0.05, 0.1) is 6.42 Å². The molecule has 1 rings (SSSR count). The van der Waals surface area contributed by atoms with Crippen molar-refractivity contribution in [3.8, 4) is 0 Å². The molecule has 0 aliphatic carbocycles. The molecule has 1 aliphatic heterocycles. The van der Waals surface area contributed by atoms with E-state index in [1.807, 2.05) is 11.8 Å². The Morgan fingerprint density at radius 1 is 1.29 bits per heavy atom. The van der Waals surface area contributed by atoms with Crippen LogP contribution < -0.4 is 5.32 Å². The average Bonchev–Trinajstić information content (AvgIpc) is 2.63. The van der Waals surface area contributed by atoms with Gasteiger partial charge in [0.1, 0.15) is 0 Å². The van der Waals surface area contributed by atoms with E-state index in [-0.39, 0.29) is 18.5 Å². The van der Waals surface area contributed by atoms with E-state index < -0.39 is 5.97 Å². The van der Waals surface area contributed by atoms with Crippen LogP contribution in [0.15, 0.2) is 0 Å². The minimum atomic E-state index is -0.857. The zero-order valence-electron chi connectivity index (χ0n) is 13.6. The molecule has 5 nitrogen and oxygen atoms in total. The monoisotopic (exact) mass is 298 g/mol. The Labute approximate surface area is 128 Å². The van der Waals surface area contributed by atoms with Gasteiger partial charge < -0.3 is 15.3 Å². The second kappa shape index (κ2) is 8.90. The number of nitrogens with zero attached hydrogens (tertiary/aromatic N) is 1. The van der Waals surface area contributed by atoms with Gasteiger partial charge in [-0.15, -0.1) is 0 Å². The quantitative estimate of drug-likeness (QED) is 0.791. The molecule has 0 aromatic rings. The highest BCUT2D eigenvalue weighted by Gasteiger charge is 2.24. The Morgan fingerprint density at radius 2 is 2.00 bits per heavy atom. The van der Waals surface area contributed by atoms with Crippen molar-refractivity contribution in [2.75, 3.05) is 13.1 Å². The number of rotatable bonds is 6. The number of hydrogen-bond acceptors (Lipinski definition) is 2. The van der Waals surface area contributed by atoms with Crippen LogP contribution in [0, 0.1) is 11.8 Å². The summed E-state index contributed by atoms with van der Waals surface area (Å²) in [6.07, 6.45) is 4.83. The second-order valence-corrected chi connectivity index (χ2v) is 6.45. The summed E-state index contributed by atoms with van der Waals surface area (Å²) in [6.45, 7) is 8.04. The highest BCUT2D eigenvalue weighted by Crippen LogP contribution is 2.24. The largest absolute Gasteiger partial charge is 0.481 e. The highest BCUT2D eigenvalue weighted by atomic mass is 16.4. The lowest BCUT2D eigenvalue weighted by molar-refractivity contribution is -0.137. The summed E-state index contributed by atoms with van der Waals surface area (Å²) in [5, 5.41) is 11.8. The molecule has 0 aromatic heterocycles. The van der Waals surface area contributed by atoms with Crippen LogP contribution in [-0.4, -0.2) is 41.1 Å². The number of aliphatic carboxylic acids is 1. The van der Waals surface area contributed by atoms with Gasteiger partial charge in [0.15, 0.2) is 0 Å². The maximum absolute atomic E-state index is 12.3. The maximum atomic E-state index is 12.3. The number of amides is 2. The van der Waals surface area contributed by atoms with Gasteiger partial charge in [0, 0.05) is 19.1 Å². The summed E-state index contributed by atoms with van der Waals surface area (Å²) >= 11 is 0.